The van der Waals surface area contributed by atoms with Crippen molar-refractivity contribution in [2.75, 3.05) is 24.4 Å². The number of nitrogens with two attached hydrogens (primary N) is 1. The van der Waals surface area contributed by atoms with Crippen LogP contribution in [0.25, 0.3) is 5.52 Å². The lowest BCUT2D eigenvalue weighted by Gasteiger charge is -2.58. The van der Waals surface area contributed by atoms with Crippen molar-refractivity contribution < 1.29 is 14.6 Å². The molecule has 5 aromatic rings. The molecule has 4 fully saturated rings. The van der Waals surface area contributed by atoms with E-state index in [0.717, 1.165) is 76.5 Å². The second-order valence-corrected chi connectivity index (χ2v) is 15.3. The van der Waals surface area contributed by atoms with E-state index < -0.39 is 5.60 Å². The van der Waals surface area contributed by atoms with Crippen molar-refractivity contribution in [1.82, 2.24) is 9.61 Å². The predicted molar refractivity (Wildman–Crippen MR) is 202 cm³/mol. The fourth-order valence-corrected chi connectivity index (χ4v) is 9.24. The number of benzene rings is 3. The largest absolute Gasteiger partial charge is 0.497 e. The summed E-state index contributed by atoms with van der Waals surface area (Å²) in [7, 11) is 3.37. The number of rotatable bonds is 11. The van der Waals surface area contributed by atoms with Crippen LogP contribution in [0.15, 0.2) is 101 Å². The quantitative estimate of drug-likeness (QED) is 0.0942. The van der Waals surface area contributed by atoms with Crippen molar-refractivity contribution in [3.8, 4) is 11.5 Å². The molecule has 0 saturated heterocycles. The van der Waals surface area contributed by atoms with Gasteiger partial charge in [-0.05, 0) is 132 Å². The number of nitrogens with zero attached hydrogens (tertiary/aromatic N) is 4. The Morgan fingerprint density at radius 3 is 2.10 bits per heavy atom. The van der Waals surface area contributed by atoms with Gasteiger partial charge >= 0.3 is 0 Å². The fourth-order valence-electron chi connectivity index (χ4n) is 8.83. The van der Waals surface area contributed by atoms with E-state index in [4.69, 9.17) is 20.2 Å². The van der Waals surface area contributed by atoms with E-state index >= 15 is 0 Å². The van der Waals surface area contributed by atoms with Crippen LogP contribution in [-0.4, -0.2) is 46.4 Å². The number of aliphatic hydroxyl groups is 1. The molecule has 9 nitrogen and oxygen atoms in total. The Balaban J connectivity index is 1.07. The van der Waals surface area contributed by atoms with Crippen molar-refractivity contribution >= 4 is 44.3 Å². The van der Waals surface area contributed by atoms with Crippen LogP contribution < -0.4 is 25.4 Å². The average Bonchev–Trinajstić information content (AvgIpc) is 3.50. The third-order valence-corrected chi connectivity index (χ3v) is 11.4. The monoisotopic (exact) mass is 734 g/mol. The van der Waals surface area contributed by atoms with Crippen LogP contribution in [0.3, 0.4) is 0 Å². The second kappa shape index (κ2) is 13.3. The topological polar surface area (TPSA) is 110 Å². The highest BCUT2D eigenvalue weighted by Crippen LogP contribution is 2.56. The lowest BCUT2D eigenvalue weighted by atomic mass is 9.52. The number of aliphatic imine (C=N–C) groups is 1. The minimum atomic E-state index is -0.491. The average molecular weight is 736 g/mol. The van der Waals surface area contributed by atoms with E-state index in [1.165, 1.54) is 24.0 Å². The number of halogens is 1. The summed E-state index contributed by atoms with van der Waals surface area (Å²) in [5.74, 6) is 3.59. The maximum atomic E-state index is 11.2. The van der Waals surface area contributed by atoms with Crippen molar-refractivity contribution in [2.45, 2.75) is 56.8 Å². The van der Waals surface area contributed by atoms with E-state index in [9.17, 15) is 5.11 Å². The van der Waals surface area contributed by atoms with E-state index in [1.54, 1.807) is 14.2 Å². The number of ether oxygens (including phenoxy) is 2. The minimum Gasteiger partial charge on any atom is -0.497 e. The molecule has 4 aliphatic rings. The SMILES string of the molecule is COc1ccc(CN(Cc2ccc(OC)cc2)c2ccc(N=C(N)c3cnn4cc(Br)cc4c3NC3C4CC5CC3CC(O)(C5)C4)cc2)cc1. The highest BCUT2D eigenvalue weighted by molar-refractivity contribution is 9.10. The van der Waals surface area contributed by atoms with Gasteiger partial charge in [0.25, 0.3) is 0 Å². The summed E-state index contributed by atoms with van der Waals surface area (Å²) < 4.78 is 13.6. The Labute approximate surface area is 301 Å². The van der Waals surface area contributed by atoms with Gasteiger partial charge in [-0.25, -0.2) is 9.51 Å². The predicted octanol–water partition coefficient (Wildman–Crippen LogP) is 7.71. The molecule has 9 rings (SSSR count). The molecule has 4 saturated carbocycles. The van der Waals surface area contributed by atoms with Gasteiger partial charge in [0.1, 0.15) is 17.3 Å². The molecule has 2 unspecified atom stereocenters. The molecule has 0 aliphatic heterocycles. The van der Waals surface area contributed by atoms with Crippen LogP contribution in [0, 0.1) is 17.8 Å². The van der Waals surface area contributed by atoms with Gasteiger partial charge in [-0.15, -0.1) is 0 Å². The van der Waals surface area contributed by atoms with Crippen LogP contribution in [-0.2, 0) is 13.1 Å². The first kappa shape index (κ1) is 32.7. The zero-order chi connectivity index (χ0) is 34.4. The number of aromatic nitrogens is 2. The molecule has 2 aromatic heterocycles. The number of anilines is 2. The van der Waals surface area contributed by atoms with E-state index in [2.05, 4.69) is 73.7 Å². The molecular formula is C40H43BrN6O3. The molecule has 258 valence electrons. The maximum Gasteiger partial charge on any atom is 0.135 e. The van der Waals surface area contributed by atoms with Gasteiger partial charge in [-0.3, -0.25) is 0 Å². The van der Waals surface area contributed by atoms with Gasteiger partial charge in [-0.2, -0.15) is 5.10 Å². The Morgan fingerprint density at radius 2 is 1.54 bits per heavy atom. The Kier molecular flexibility index (Phi) is 8.69. The van der Waals surface area contributed by atoms with Crippen LogP contribution in [0.2, 0.25) is 0 Å². The van der Waals surface area contributed by atoms with E-state index in [0.29, 0.717) is 23.6 Å². The van der Waals surface area contributed by atoms with Crippen molar-refractivity contribution in [2.24, 2.45) is 28.5 Å². The molecule has 2 heterocycles. The summed E-state index contributed by atoms with van der Waals surface area (Å²) in [6.45, 7) is 1.44. The van der Waals surface area contributed by atoms with Crippen LogP contribution >= 0.6 is 15.9 Å². The summed E-state index contributed by atoms with van der Waals surface area (Å²) in [5, 5.41) is 19.8. The second-order valence-electron chi connectivity index (χ2n) is 14.4. The molecule has 50 heavy (non-hydrogen) atoms. The summed E-state index contributed by atoms with van der Waals surface area (Å²) in [5.41, 5.74) is 13.2. The first-order valence-corrected chi connectivity index (χ1v) is 18.2. The molecule has 0 spiro atoms. The Bertz CT molecular complexity index is 1950. The maximum absolute atomic E-state index is 11.2. The van der Waals surface area contributed by atoms with Gasteiger partial charge in [0.15, 0.2) is 0 Å². The fraction of sp³-hybridized carbons (Fsp3) is 0.350. The molecule has 4 N–H and O–H groups in total. The molecule has 4 aliphatic carbocycles. The first-order valence-electron chi connectivity index (χ1n) is 17.4. The number of hydrogen-bond donors (Lipinski definition) is 3. The third kappa shape index (κ3) is 6.54. The lowest BCUT2D eigenvalue weighted by molar-refractivity contribution is -0.129. The highest BCUT2D eigenvalue weighted by atomic mass is 79.9. The molecular weight excluding hydrogens is 692 g/mol. The highest BCUT2D eigenvalue weighted by Gasteiger charge is 2.54. The number of amidine groups is 1. The van der Waals surface area contributed by atoms with Crippen LogP contribution in [0.4, 0.5) is 17.1 Å². The molecule has 0 amide bonds. The summed E-state index contributed by atoms with van der Waals surface area (Å²) >= 11 is 3.64. The molecule has 3 aromatic carbocycles. The zero-order valence-electron chi connectivity index (χ0n) is 28.4. The minimum absolute atomic E-state index is 0.278. The molecule has 0 radical (unpaired) electrons. The first-order chi connectivity index (χ1) is 24.3. The summed E-state index contributed by atoms with van der Waals surface area (Å²) in [6, 6.07) is 27.0. The van der Waals surface area contributed by atoms with E-state index in [-0.39, 0.29) is 6.04 Å². The van der Waals surface area contributed by atoms with Gasteiger partial charge in [0.2, 0.25) is 0 Å². The summed E-state index contributed by atoms with van der Waals surface area (Å²) in [6.07, 6.45) is 8.79. The Morgan fingerprint density at radius 1 is 0.940 bits per heavy atom. The van der Waals surface area contributed by atoms with Crippen molar-refractivity contribution in [3.05, 3.63) is 112 Å². The molecule has 4 bridgehead atoms. The summed E-state index contributed by atoms with van der Waals surface area (Å²) in [4.78, 5) is 7.25. The number of nitrogens with one attached hydrogen (secondary N) is 1. The van der Waals surface area contributed by atoms with E-state index in [1.807, 2.05) is 53.3 Å². The Hall–Kier alpha value is -4.54. The third-order valence-electron chi connectivity index (χ3n) is 11.0. The standard InChI is InChI=1S/C40H43BrN6O3/c1-49-33-11-3-25(4-12-33)22-46(23-26-5-13-34(50-2)14-6-26)32-9-7-31(8-10-32)44-39(42)35-21-43-47-24-30(41)17-36(47)38(35)45-37-28-15-27-16-29(37)20-40(48,18-27)19-28/h3-14,17,21,24,27-29,37,45,48H,15-16,18-20,22-23H2,1-2H3,(H2,42,44). The number of fused-ring (bicyclic) bond motifs is 1. The zero-order valence-corrected chi connectivity index (χ0v) is 30.0. The van der Waals surface area contributed by atoms with Crippen LogP contribution in [0.5, 0.6) is 11.5 Å². The number of methoxy groups -OCH3 is 2. The van der Waals surface area contributed by atoms with Crippen molar-refractivity contribution in [1.29, 1.82) is 0 Å². The van der Waals surface area contributed by atoms with Gasteiger partial charge in [0.05, 0.1) is 48.5 Å². The smallest absolute Gasteiger partial charge is 0.135 e. The molecule has 2 atom stereocenters. The van der Waals surface area contributed by atoms with Crippen molar-refractivity contribution in [3.63, 3.8) is 0 Å². The van der Waals surface area contributed by atoms with Gasteiger partial charge in [-0.1, -0.05) is 24.3 Å². The van der Waals surface area contributed by atoms with Gasteiger partial charge in [0, 0.05) is 35.5 Å². The normalized spacial score (nSPS) is 24.0. The lowest BCUT2D eigenvalue weighted by Crippen LogP contribution is -2.59. The molecule has 10 heteroatoms. The van der Waals surface area contributed by atoms with Crippen LogP contribution in [0.1, 0.15) is 48.8 Å². The number of hydrogen-bond acceptors (Lipinski definition) is 7. The van der Waals surface area contributed by atoms with Gasteiger partial charge < -0.3 is 30.5 Å².